The molecular weight excluding hydrogens is 368 g/mol. The zero-order valence-electron chi connectivity index (χ0n) is 17.5. The molecule has 5 heteroatoms. The van der Waals surface area contributed by atoms with Gasteiger partial charge in [0.15, 0.2) is 0 Å². The Hall–Kier alpha value is -2.95. The lowest BCUT2D eigenvalue weighted by Gasteiger charge is -2.14. The van der Waals surface area contributed by atoms with Crippen molar-refractivity contribution in [2.24, 2.45) is 4.99 Å². The van der Waals surface area contributed by atoms with Gasteiger partial charge in [-0.3, -0.25) is 0 Å². The summed E-state index contributed by atoms with van der Waals surface area (Å²) in [6.07, 6.45) is 12.5. The molecule has 2 N–H and O–H groups in total. The third-order valence-electron chi connectivity index (χ3n) is 4.07. The normalized spacial score (nSPS) is 13.7. The summed E-state index contributed by atoms with van der Waals surface area (Å²) in [6.45, 7) is 14.3. The molecule has 0 saturated carbocycles. The summed E-state index contributed by atoms with van der Waals surface area (Å²) in [5.74, 6) is -0.801. The lowest BCUT2D eigenvalue weighted by atomic mass is 9.92. The molecule has 1 aromatic rings. The van der Waals surface area contributed by atoms with Crippen molar-refractivity contribution < 1.29 is 8.78 Å². The summed E-state index contributed by atoms with van der Waals surface area (Å²) in [6, 6.07) is 3.61. The van der Waals surface area contributed by atoms with Crippen LogP contribution in [0.3, 0.4) is 0 Å². The van der Waals surface area contributed by atoms with Gasteiger partial charge in [-0.1, -0.05) is 39.2 Å². The Bertz CT molecular complexity index is 784. The van der Waals surface area contributed by atoms with Crippen LogP contribution >= 0.6 is 0 Å². The van der Waals surface area contributed by atoms with Gasteiger partial charge < -0.3 is 10.6 Å². The molecule has 1 aromatic carbocycles. The number of aliphatic imine (C=N–C) groups is 1. The second-order valence-electron chi connectivity index (χ2n) is 6.41. The smallest absolute Gasteiger partial charge is 0.126 e. The highest BCUT2D eigenvalue weighted by atomic mass is 19.1. The van der Waals surface area contributed by atoms with Crippen molar-refractivity contribution in [1.82, 2.24) is 10.6 Å². The molecule has 0 aliphatic rings. The van der Waals surface area contributed by atoms with Gasteiger partial charge in [-0.2, -0.15) is 0 Å². The highest BCUT2D eigenvalue weighted by Crippen LogP contribution is 2.25. The molecule has 0 fully saturated rings. The predicted octanol–water partition coefficient (Wildman–Crippen LogP) is 6.12. The molecule has 3 nitrogen and oxygen atoms in total. The van der Waals surface area contributed by atoms with E-state index in [0.717, 1.165) is 24.6 Å². The minimum absolute atomic E-state index is 0.184. The SMILES string of the molecule is C=CN\C=C/C(=C\C(CC)c1cc(F)cc(F)c1)C(/C=C\C)=N\C(=C)NCCC. The summed E-state index contributed by atoms with van der Waals surface area (Å²) >= 11 is 0. The van der Waals surface area contributed by atoms with Crippen LogP contribution in [0.1, 0.15) is 45.1 Å². The highest BCUT2D eigenvalue weighted by Gasteiger charge is 2.12. The van der Waals surface area contributed by atoms with Gasteiger partial charge >= 0.3 is 0 Å². The minimum Gasteiger partial charge on any atom is -0.371 e. The second-order valence-corrected chi connectivity index (χ2v) is 6.41. The van der Waals surface area contributed by atoms with Crippen molar-refractivity contribution in [2.75, 3.05) is 6.54 Å². The van der Waals surface area contributed by atoms with Crippen molar-refractivity contribution in [1.29, 1.82) is 0 Å². The number of benzene rings is 1. The van der Waals surface area contributed by atoms with Gasteiger partial charge in [-0.25, -0.2) is 13.8 Å². The number of nitrogens with one attached hydrogen (secondary N) is 2. The summed E-state index contributed by atoms with van der Waals surface area (Å²) in [5.41, 5.74) is 2.07. The maximum Gasteiger partial charge on any atom is 0.126 e. The molecule has 0 amide bonds. The summed E-state index contributed by atoms with van der Waals surface area (Å²) < 4.78 is 27.5. The molecule has 29 heavy (non-hydrogen) atoms. The minimum atomic E-state index is -0.586. The fraction of sp³-hybridized carbons (Fsp3) is 0.292. The standard InChI is InChI=1S/C24H31F2N3/c1-6-10-24(29-18(5)28-12-7-2)20(11-13-27-9-4)14-19(8-3)21-15-22(25)17-23(26)16-21/h6,9-11,13-17,19,27-28H,4-5,7-8,12H2,1-3H3/b10-6-,13-11-,20-14+,29-24-. The Morgan fingerprint density at radius 1 is 1.17 bits per heavy atom. The molecule has 0 saturated heterocycles. The van der Waals surface area contributed by atoms with Gasteiger partial charge in [0.05, 0.1) is 5.71 Å². The lowest BCUT2D eigenvalue weighted by Crippen LogP contribution is -2.13. The molecule has 1 rings (SSSR count). The zero-order valence-corrected chi connectivity index (χ0v) is 17.5. The largest absolute Gasteiger partial charge is 0.371 e. The third-order valence-corrected chi connectivity index (χ3v) is 4.07. The molecule has 156 valence electrons. The van der Waals surface area contributed by atoms with Crippen LogP contribution in [0.25, 0.3) is 0 Å². The number of hydrogen-bond acceptors (Lipinski definition) is 3. The van der Waals surface area contributed by atoms with Gasteiger partial charge in [-0.15, -0.1) is 0 Å². The van der Waals surface area contributed by atoms with E-state index >= 15 is 0 Å². The van der Waals surface area contributed by atoms with Crippen LogP contribution in [-0.4, -0.2) is 12.3 Å². The van der Waals surface area contributed by atoms with Crippen LogP contribution in [-0.2, 0) is 0 Å². The Balaban J connectivity index is 3.42. The van der Waals surface area contributed by atoms with Crippen molar-refractivity contribution in [2.45, 2.75) is 39.5 Å². The number of halogens is 2. The van der Waals surface area contributed by atoms with E-state index in [9.17, 15) is 8.78 Å². The third kappa shape index (κ3) is 8.73. The number of rotatable bonds is 12. The van der Waals surface area contributed by atoms with Crippen LogP contribution in [0.4, 0.5) is 8.78 Å². The van der Waals surface area contributed by atoms with Gasteiger partial charge in [-0.05, 0) is 61.4 Å². The molecule has 1 unspecified atom stereocenters. The molecular formula is C24H31F2N3. The molecule has 0 radical (unpaired) electrons. The summed E-state index contributed by atoms with van der Waals surface area (Å²) in [7, 11) is 0. The molecule has 1 atom stereocenters. The topological polar surface area (TPSA) is 36.4 Å². The molecule has 0 aliphatic heterocycles. The Labute approximate surface area is 173 Å². The molecule has 0 bridgehead atoms. The number of hydrogen-bond donors (Lipinski definition) is 2. The average molecular weight is 400 g/mol. The van der Waals surface area contributed by atoms with Gasteiger partial charge in [0.25, 0.3) is 0 Å². The van der Waals surface area contributed by atoms with Crippen LogP contribution in [0.5, 0.6) is 0 Å². The molecule has 0 spiro atoms. The van der Waals surface area contributed by atoms with E-state index in [4.69, 9.17) is 0 Å². The molecule has 0 aromatic heterocycles. The number of allylic oxidation sites excluding steroid dienone is 5. The Kier molecular flexibility index (Phi) is 11.0. The first-order valence-electron chi connectivity index (χ1n) is 9.80. The van der Waals surface area contributed by atoms with E-state index in [1.54, 1.807) is 12.4 Å². The maximum absolute atomic E-state index is 13.7. The molecule has 0 aliphatic carbocycles. The van der Waals surface area contributed by atoms with Crippen molar-refractivity contribution >= 4 is 5.71 Å². The van der Waals surface area contributed by atoms with Crippen molar-refractivity contribution in [3.8, 4) is 0 Å². The van der Waals surface area contributed by atoms with Crippen LogP contribution < -0.4 is 10.6 Å². The van der Waals surface area contributed by atoms with Crippen LogP contribution in [0.2, 0.25) is 0 Å². The number of nitrogens with zero attached hydrogens (tertiary/aromatic N) is 1. The van der Waals surface area contributed by atoms with Crippen LogP contribution in [0, 0.1) is 11.6 Å². The summed E-state index contributed by atoms with van der Waals surface area (Å²) in [4.78, 5) is 4.60. The highest BCUT2D eigenvalue weighted by molar-refractivity contribution is 6.10. The van der Waals surface area contributed by atoms with Crippen LogP contribution in [0.15, 0.2) is 84.4 Å². The van der Waals surface area contributed by atoms with E-state index in [2.05, 4.69) is 35.7 Å². The van der Waals surface area contributed by atoms with Gasteiger partial charge in [0, 0.05) is 24.7 Å². The van der Waals surface area contributed by atoms with E-state index in [0.29, 0.717) is 23.5 Å². The van der Waals surface area contributed by atoms with Gasteiger partial charge in [0.1, 0.15) is 17.5 Å². The maximum atomic E-state index is 13.7. The average Bonchev–Trinajstić information content (AvgIpc) is 2.68. The first-order valence-corrected chi connectivity index (χ1v) is 9.80. The van der Waals surface area contributed by atoms with E-state index < -0.39 is 11.6 Å². The summed E-state index contributed by atoms with van der Waals surface area (Å²) in [5, 5.41) is 6.08. The Morgan fingerprint density at radius 3 is 2.41 bits per heavy atom. The first-order chi connectivity index (χ1) is 13.9. The Morgan fingerprint density at radius 2 is 1.86 bits per heavy atom. The second kappa shape index (κ2) is 13.3. The van der Waals surface area contributed by atoms with Crippen molar-refractivity contribution in [3.63, 3.8) is 0 Å². The lowest BCUT2D eigenvalue weighted by molar-refractivity contribution is 0.576. The monoisotopic (exact) mass is 399 g/mol. The zero-order chi connectivity index (χ0) is 21.6. The fourth-order valence-corrected chi connectivity index (χ4v) is 2.70. The predicted molar refractivity (Wildman–Crippen MR) is 120 cm³/mol. The van der Waals surface area contributed by atoms with E-state index in [1.807, 2.05) is 38.2 Å². The quantitative estimate of drug-likeness (QED) is 0.328. The first kappa shape index (κ1) is 24.1. The van der Waals surface area contributed by atoms with E-state index in [1.165, 1.54) is 12.1 Å². The fourth-order valence-electron chi connectivity index (χ4n) is 2.70. The van der Waals surface area contributed by atoms with Gasteiger partial charge in [0.2, 0.25) is 0 Å². The molecule has 0 heterocycles. The van der Waals surface area contributed by atoms with Crippen molar-refractivity contribution in [3.05, 3.63) is 96.7 Å². The van der Waals surface area contributed by atoms with E-state index in [-0.39, 0.29) is 5.92 Å².